The van der Waals surface area contributed by atoms with Crippen LogP contribution >= 0.6 is 28.1 Å². The molecule has 0 saturated heterocycles. The molecule has 0 unspecified atom stereocenters. The van der Waals surface area contributed by atoms with Gasteiger partial charge in [-0.3, -0.25) is 10.1 Å². The number of ether oxygens (including phenoxy) is 1. The lowest BCUT2D eigenvalue weighted by Gasteiger charge is -2.14. The monoisotopic (exact) mass is 575 g/mol. The summed E-state index contributed by atoms with van der Waals surface area (Å²) in [5, 5.41) is 5.60. The Hall–Kier alpha value is -2.79. The minimum atomic E-state index is -3.59. The van der Waals surface area contributed by atoms with Crippen molar-refractivity contribution in [1.29, 1.82) is 0 Å². The Morgan fingerprint density at radius 3 is 2.37 bits per heavy atom. The molecule has 0 saturated carbocycles. The van der Waals surface area contributed by atoms with E-state index in [-0.39, 0.29) is 16.0 Å². The smallest absolute Gasteiger partial charge is 0.261 e. The highest BCUT2D eigenvalue weighted by atomic mass is 79.9. The van der Waals surface area contributed by atoms with Crippen molar-refractivity contribution in [3.05, 3.63) is 88.4 Å². The zero-order chi connectivity index (χ0) is 25.4. The van der Waals surface area contributed by atoms with Crippen LogP contribution in [-0.2, 0) is 16.4 Å². The minimum absolute atomic E-state index is 0.0705. The number of halogens is 1. The van der Waals surface area contributed by atoms with Crippen LogP contribution in [0, 0.1) is 0 Å². The summed E-state index contributed by atoms with van der Waals surface area (Å²) >= 11 is 8.67. The van der Waals surface area contributed by atoms with Crippen LogP contribution in [0.2, 0.25) is 0 Å². The highest BCUT2D eigenvalue weighted by Crippen LogP contribution is 2.24. The molecule has 0 fully saturated rings. The van der Waals surface area contributed by atoms with Crippen LogP contribution in [0.4, 0.5) is 5.69 Å². The highest BCUT2D eigenvalue weighted by molar-refractivity contribution is 9.10. The normalized spacial score (nSPS) is 11.2. The molecule has 0 aliphatic heterocycles. The zero-order valence-corrected chi connectivity index (χ0v) is 22.5. The summed E-state index contributed by atoms with van der Waals surface area (Å²) in [5.41, 5.74) is 2.00. The maximum Gasteiger partial charge on any atom is 0.261 e. The van der Waals surface area contributed by atoms with Crippen LogP contribution in [-0.4, -0.2) is 32.1 Å². The lowest BCUT2D eigenvalue weighted by molar-refractivity contribution is 0.0973. The molecule has 3 rings (SSSR count). The first-order valence-corrected chi connectivity index (χ1v) is 13.5. The topological polar surface area (TPSA) is 96.5 Å². The van der Waals surface area contributed by atoms with Crippen LogP contribution in [0.15, 0.2) is 82.2 Å². The lowest BCUT2D eigenvalue weighted by Crippen LogP contribution is -2.34. The Bertz CT molecular complexity index is 1280. The van der Waals surface area contributed by atoms with Crippen LogP contribution in [0.25, 0.3) is 0 Å². The SMILES string of the molecule is CC(C)NS(=O)(=O)c1ccc(NC(=S)NC(=O)c2cc(Br)ccc2OCCc2ccccc2)cc1. The van der Waals surface area contributed by atoms with E-state index in [0.717, 1.165) is 10.0 Å². The van der Waals surface area contributed by atoms with Gasteiger partial charge in [-0.25, -0.2) is 13.1 Å². The van der Waals surface area contributed by atoms with E-state index in [9.17, 15) is 13.2 Å². The van der Waals surface area contributed by atoms with Gasteiger partial charge in [0.1, 0.15) is 5.75 Å². The van der Waals surface area contributed by atoms with Gasteiger partial charge in [-0.15, -0.1) is 0 Å². The molecule has 0 spiro atoms. The largest absolute Gasteiger partial charge is 0.492 e. The molecule has 0 aliphatic carbocycles. The molecule has 184 valence electrons. The van der Waals surface area contributed by atoms with Crippen LogP contribution in [0.3, 0.4) is 0 Å². The summed E-state index contributed by atoms with van der Waals surface area (Å²) < 4.78 is 33.7. The van der Waals surface area contributed by atoms with Crippen molar-refractivity contribution < 1.29 is 17.9 Å². The summed E-state index contributed by atoms with van der Waals surface area (Å²) in [6.45, 7) is 3.91. The van der Waals surface area contributed by atoms with Crippen LogP contribution in [0.5, 0.6) is 5.75 Å². The number of hydrogen-bond acceptors (Lipinski definition) is 5. The Kier molecular flexibility index (Phi) is 9.39. The summed E-state index contributed by atoms with van der Waals surface area (Å²) in [5.74, 6) is 0.00971. The minimum Gasteiger partial charge on any atom is -0.492 e. The molecular formula is C25H26BrN3O4S2. The maximum atomic E-state index is 12.9. The van der Waals surface area contributed by atoms with E-state index >= 15 is 0 Å². The van der Waals surface area contributed by atoms with Crippen molar-refractivity contribution in [2.75, 3.05) is 11.9 Å². The fourth-order valence-electron chi connectivity index (χ4n) is 3.16. The molecular weight excluding hydrogens is 550 g/mol. The number of benzene rings is 3. The van der Waals surface area contributed by atoms with Gasteiger partial charge in [-0.05, 0) is 74.1 Å². The van der Waals surface area contributed by atoms with E-state index in [1.54, 1.807) is 44.2 Å². The van der Waals surface area contributed by atoms with E-state index in [2.05, 4.69) is 31.3 Å². The first-order valence-electron chi connectivity index (χ1n) is 10.8. The van der Waals surface area contributed by atoms with E-state index in [4.69, 9.17) is 17.0 Å². The van der Waals surface area contributed by atoms with Crippen molar-refractivity contribution >= 4 is 54.9 Å². The zero-order valence-electron chi connectivity index (χ0n) is 19.2. The molecule has 0 radical (unpaired) electrons. The third-order valence-corrected chi connectivity index (χ3v) is 7.09. The molecule has 3 aromatic rings. The average molecular weight is 577 g/mol. The second-order valence-corrected chi connectivity index (χ2v) is 11.0. The first kappa shape index (κ1) is 26.8. The number of anilines is 1. The Morgan fingerprint density at radius 2 is 1.71 bits per heavy atom. The molecule has 10 heteroatoms. The van der Waals surface area contributed by atoms with E-state index in [1.807, 2.05) is 30.3 Å². The molecule has 3 N–H and O–H groups in total. The van der Waals surface area contributed by atoms with Crippen molar-refractivity contribution in [2.24, 2.45) is 0 Å². The van der Waals surface area contributed by atoms with Gasteiger partial charge in [-0.1, -0.05) is 46.3 Å². The fourth-order valence-corrected chi connectivity index (χ4v) is 4.98. The number of carbonyl (C=O) groups is 1. The maximum absolute atomic E-state index is 12.9. The van der Waals surface area contributed by atoms with E-state index in [1.165, 1.54) is 12.1 Å². The molecule has 1 amide bonds. The van der Waals surface area contributed by atoms with Crippen LogP contribution in [0.1, 0.15) is 29.8 Å². The predicted octanol–water partition coefficient (Wildman–Crippen LogP) is 4.88. The van der Waals surface area contributed by atoms with Gasteiger partial charge in [0.2, 0.25) is 10.0 Å². The fraction of sp³-hybridized carbons (Fsp3) is 0.200. The first-order chi connectivity index (χ1) is 16.6. The second kappa shape index (κ2) is 12.3. The van der Waals surface area contributed by atoms with E-state index in [0.29, 0.717) is 30.0 Å². The third kappa shape index (κ3) is 8.14. The molecule has 0 bridgehead atoms. The summed E-state index contributed by atoms with van der Waals surface area (Å²) in [6, 6.07) is 21.0. The average Bonchev–Trinajstić information content (AvgIpc) is 2.80. The molecule has 3 aromatic carbocycles. The molecule has 0 aromatic heterocycles. The van der Waals surface area contributed by atoms with Gasteiger partial charge in [0, 0.05) is 22.6 Å². The molecule has 0 aliphatic rings. The number of carbonyl (C=O) groups excluding carboxylic acids is 1. The number of rotatable bonds is 9. The van der Waals surface area contributed by atoms with Gasteiger partial charge in [0.25, 0.3) is 5.91 Å². The summed E-state index contributed by atoms with van der Waals surface area (Å²) in [6.07, 6.45) is 0.705. The van der Waals surface area contributed by atoms with Gasteiger partial charge < -0.3 is 10.1 Å². The van der Waals surface area contributed by atoms with Crippen LogP contribution < -0.4 is 20.1 Å². The van der Waals surface area contributed by atoms with Gasteiger partial charge >= 0.3 is 0 Å². The number of sulfonamides is 1. The summed E-state index contributed by atoms with van der Waals surface area (Å²) in [4.78, 5) is 13.0. The van der Waals surface area contributed by atoms with Gasteiger partial charge in [0.15, 0.2) is 5.11 Å². The van der Waals surface area contributed by atoms with Crippen molar-refractivity contribution in [3.8, 4) is 5.75 Å². The lowest BCUT2D eigenvalue weighted by atomic mass is 10.1. The number of nitrogens with one attached hydrogen (secondary N) is 3. The number of thiocarbonyl (C=S) groups is 1. The Morgan fingerprint density at radius 1 is 1.03 bits per heavy atom. The second-order valence-electron chi connectivity index (χ2n) is 7.93. The molecule has 0 atom stereocenters. The summed E-state index contributed by atoms with van der Waals surface area (Å²) in [7, 11) is -3.59. The standard InChI is InChI=1S/C25H26BrN3O4S2/c1-17(2)29-35(31,32)21-11-9-20(10-12-21)27-25(34)28-24(30)22-16-19(26)8-13-23(22)33-15-14-18-6-4-3-5-7-18/h3-13,16-17,29H,14-15H2,1-2H3,(H2,27,28,30,34). The molecule has 0 heterocycles. The Labute approximate surface area is 219 Å². The molecule has 7 nitrogen and oxygen atoms in total. The van der Waals surface area contributed by atoms with E-state index < -0.39 is 15.9 Å². The van der Waals surface area contributed by atoms with Crippen molar-refractivity contribution in [1.82, 2.24) is 10.0 Å². The number of hydrogen-bond donors (Lipinski definition) is 3. The van der Waals surface area contributed by atoms with Gasteiger partial charge in [-0.2, -0.15) is 0 Å². The Balaban J connectivity index is 1.62. The van der Waals surface area contributed by atoms with Gasteiger partial charge in [0.05, 0.1) is 17.1 Å². The van der Waals surface area contributed by atoms with Crippen molar-refractivity contribution in [3.63, 3.8) is 0 Å². The third-order valence-electron chi connectivity index (χ3n) is 4.72. The predicted molar refractivity (Wildman–Crippen MR) is 145 cm³/mol. The van der Waals surface area contributed by atoms with Crippen molar-refractivity contribution in [2.45, 2.75) is 31.2 Å². The molecule has 35 heavy (non-hydrogen) atoms. The quantitative estimate of drug-likeness (QED) is 0.314. The number of amides is 1. The highest BCUT2D eigenvalue weighted by Gasteiger charge is 2.17.